The Hall–Kier alpha value is -1.77. The first-order valence-electron chi connectivity index (χ1n) is 7.79. The van der Waals surface area contributed by atoms with Gasteiger partial charge in [0.25, 0.3) is 0 Å². The van der Waals surface area contributed by atoms with Crippen LogP contribution in [0.5, 0.6) is 0 Å². The summed E-state index contributed by atoms with van der Waals surface area (Å²) in [5, 5.41) is 3.96. The van der Waals surface area contributed by atoms with Gasteiger partial charge in [-0.3, -0.25) is 4.90 Å². The maximum atomic E-state index is 12.9. The summed E-state index contributed by atoms with van der Waals surface area (Å²) in [5.41, 5.74) is 1.45. The molecule has 0 aliphatic carbocycles. The average molecular weight is 353 g/mol. The van der Waals surface area contributed by atoms with Crippen LogP contribution in [0.1, 0.15) is 17.0 Å². The fourth-order valence-corrected chi connectivity index (χ4v) is 4.29. The van der Waals surface area contributed by atoms with Gasteiger partial charge in [-0.05, 0) is 24.6 Å². The minimum Gasteiger partial charge on any atom is -0.361 e. The standard InChI is InChI=1S/C16H20FN3O3S/c1-13-10-16(18-23-13)11-19-6-8-20(9-7-19)24(21,22)12-14-2-4-15(17)5-3-14/h2-5,10H,6-9,11-12H2,1H3. The molecule has 2 heterocycles. The van der Waals surface area contributed by atoms with Gasteiger partial charge < -0.3 is 4.52 Å². The molecule has 3 rings (SSSR count). The number of sulfonamides is 1. The molecule has 0 bridgehead atoms. The number of nitrogens with zero attached hydrogens (tertiary/aromatic N) is 3. The van der Waals surface area contributed by atoms with Gasteiger partial charge in [0.15, 0.2) is 0 Å². The maximum absolute atomic E-state index is 12.9. The summed E-state index contributed by atoms with van der Waals surface area (Å²) in [7, 11) is -3.39. The van der Waals surface area contributed by atoms with Crippen LogP contribution in [-0.2, 0) is 22.3 Å². The topological polar surface area (TPSA) is 66.7 Å². The Morgan fingerprint density at radius 3 is 2.42 bits per heavy atom. The average Bonchev–Trinajstić information content (AvgIpc) is 2.95. The van der Waals surface area contributed by atoms with Crippen LogP contribution in [0.15, 0.2) is 34.9 Å². The zero-order valence-electron chi connectivity index (χ0n) is 13.5. The minimum absolute atomic E-state index is 0.101. The smallest absolute Gasteiger partial charge is 0.218 e. The van der Waals surface area contributed by atoms with Gasteiger partial charge >= 0.3 is 0 Å². The maximum Gasteiger partial charge on any atom is 0.218 e. The van der Waals surface area contributed by atoms with E-state index in [1.807, 2.05) is 13.0 Å². The molecule has 2 aromatic rings. The van der Waals surface area contributed by atoms with E-state index in [9.17, 15) is 12.8 Å². The van der Waals surface area contributed by atoms with Gasteiger partial charge in [0.2, 0.25) is 10.0 Å². The first kappa shape index (κ1) is 17.1. The van der Waals surface area contributed by atoms with Gasteiger partial charge in [0.1, 0.15) is 11.6 Å². The molecule has 0 saturated carbocycles. The number of rotatable bonds is 5. The van der Waals surface area contributed by atoms with E-state index in [1.165, 1.54) is 28.6 Å². The van der Waals surface area contributed by atoms with E-state index >= 15 is 0 Å². The molecule has 0 amide bonds. The molecule has 1 aliphatic rings. The normalized spacial score (nSPS) is 17.2. The van der Waals surface area contributed by atoms with Crippen molar-refractivity contribution in [1.82, 2.24) is 14.4 Å². The van der Waals surface area contributed by atoms with E-state index in [2.05, 4.69) is 10.1 Å². The van der Waals surface area contributed by atoms with Crippen molar-refractivity contribution in [3.05, 3.63) is 53.2 Å². The molecule has 8 heteroatoms. The zero-order valence-corrected chi connectivity index (χ0v) is 14.3. The zero-order chi connectivity index (χ0) is 17.2. The largest absolute Gasteiger partial charge is 0.361 e. The van der Waals surface area contributed by atoms with Crippen molar-refractivity contribution < 1.29 is 17.3 Å². The Bertz CT molecular complexity index is 781. The van der Waals surface area contributed by atoms with Gasteiger partial charge in [-0.25, -0.2) is 12.8 Å². The van der Waals surface area contributed by atoms with E-state index in [1.54, 1.807) is 0 Å². The van der Waals surface area contributed by atoms with Crippen LogP contribution in [0.3, 0.4) is 0 Å². The van der Waals surface area contributed by atoms with Gasteiger partial charge in [-0.15, -0.1) is 0 Å². The summed E-state index contributed by atoms with van der Waals surface area (Å²) in [6.45, 7) is 4.68. The van der Waals surface area contributed by atoms with Gasteiger partial charge in [-0.2, -0.15) is 4.31 Å². The molecule has 1 fully saturated rings. The predicted octanol–water partition coefficient (Wildman–Crippen LogP) is 1.77. The van der Waals surface area contributed by atoms with Crippen LogP contribution in [0.4, 0.5) is 4.39 Å². The van der Waals surface area contributed by atoms with Gasteiger partial charge in [0, 0.05) is 38.8 Å². The molecule has 1 aliphatic heterocycles. The van der Waals surface area contributed by atoms with Crippen molar-refractivity contribution in [1.29, 1.82) is 0 Å². The number of hydrogen-bond acceptors (Lipinski definition) is 5. The third kappa shape index (κ3) is 4.19. The van der Waals surface area contributed by atoms with Crippen molar-refractivity contribution in [2.75, 3.05) is 26.2 Å². The molecule has 6 nitrogen and oxygen atoms in total. The van der Waals surface area contributed by atoms with Gasteiger partial charge in [0.05, 0.1) is 11.4 Å². The minimum atomic E-state index is -3.39. The highest BCUT2D eigenvalue weighted by Gasteiger charge is 2.27. The molecule has 0 spiro atoms. The van der Waals surface area contributed by atoms with Crippen LogP contribution in [-0.4, -0.2) is 49.0 Å². The second-order valence-corrected chi connectivity index (χ2v) is 7.96. The number of aryl methyl sites for hydroxylation is 1. The number of piperazine rings is 1. The lowest BCUT2D eigenvalue weighted by Gasteiger charge is -2.33. The Balaban J connectivity index is 1.56. The fraction of sp³-hybridized carbons (Fsp3) is 0.438. The van der Waals surface area contributed by atoms with Crippen LogP contribution >= 0.6 is 0 Å². The third-order valence-corrected chi connectivity index (χ3v) is 5.90. The summed E-state index contributed by atoms with van der Waals surface area (Å²) in [4.78, 5) is 2.15. The van der Waals surface area contributed by atoms with Gasteiger partial charge in [-0.1, -0.05) is 17.3 Å². The summed E-state index contributed by atoms with van der Waals surface area (Å²) in [6, 6.07) is 7.47. The van der Waals surface area contributed by atoms with E-state index in [4.69, 9.17) is 4.52 Å². The number of aromatic nitrogens is 1. The van der Waals surface area contributed by atoms with Crippen molar-refractivity contribution in [3.8, 4) is 0 Å². The molecular weight excluding hydrogens is 333 g/mol. The molecule has 0 radical (unpaired) electrons. The van der Waals surface area contributed by atoms with Crippen LogP contribution in [0.25, 0.3) is 0 Å². The molecule has 0 atom stereocenters. The highest BCUT2D eigenvalue weighted by Crippen LogP contribution is 2.15. The number of hydrogen-bond donors (Lipinski definition) is 0. The molecule has 130 valence electrons. The number of benzene rings is 1. The SMILES string of the molecule is Cc1cc(CN2CCN(S(=O)(=O)Cc3ccc(F)cc3)CC2)no1. The van der Waals surface area contributed by atoms with Crippen LogP contribution in [0.2, 0.25) is 0 Å². The summed E-state index contributed by atoms with van der Waals surface area (Å²) in [5.74, 6) is 0.300. The van der Waals surface area contributed by atoms with E-state index < -0.39 is 10.0 Å². The number of halogens is 1. The van der Waals surface area contributed by atoms with Crippen molar-refractivity contribution in [2.45, 2.75) is 19.2 Å². The second-order valence-electron chi connectivity index (χ2n) is 5.99. The quantitative estimate of drug-likeness (QED) is 0.820. The third-order valence-electron chi connectivity index (χ3n) is 4.05. The lowest BCUT2D eigenvalue weighted by atomic mass is 10.2. The molecule has 1 aromatic heterocycles. The highest BCUT2D eigenvalue weighted by atomic mass is 32.2. The lowest BCUT2D eigenvalue weighted by molar-refractivity contribution is 0.177. The monoisotopic (exact) mass is 353 g/mol. The van der Waals surface area contributed by atoms with E-state index in [0.717, 1.165) is 11.5 Å². The molecule has 0 N–H and O–H groups in total. The van der Waals surface area contributed by atoms with E-state index in [0.29, 0.717) is 38.3 Å². The molecule has 1 saturated heterocycles. The molecule has 1 aromatic carbocycles. The van der Waals surface area contributed by atoms with Crippen LogP contribution in [0, 0.1) is 12.7 Å². The lowest BCUT2D eigenvalue weighted by Crippen LogP contribution is -2.48. The Morgan fingerprint density at radius 1 is 1.17 bits per heavy atom. The Morgan fingerprint density at radius 2 is 1.83 bits per heavy atom. The molecule has 24 heavy (non-hydrogen) atoms. The Labute approximate surface area is 140 Å². The van der Waals surface area contributed by atoms with Crippen molar-refractivity contribution in [2.24, 2.45) is 0 Å². The fourth-order valence-electron chi connectivity index (χ4n) is 2.77. The predicted molar refractivity (Wildman–Crippen MR) is 87.1 cm³/mol. The van der Waals surface area contributed by atoms with E-state index in [-0.39, 0.29) is 11.6 Å². The highest BCUT2D eigenvalue weighted by molar-refractivity contribution is 7.88. The summed E-state index contributed by atoms with van der Waals surface area (Å²) < 4.78 is 44.5. The Kier molecular flexibility index (Phi) is 4.98. The second kappa shape index (κ2) is 7.00. The summed E-state index contributed by atoms with van der Waals surface area (Å²) >= 11 is 0. The first-order valence-corrected chi connectivity index (χ1v) is 9.40. The summed E-state index contributed by atoms with van der Waals surface area (Å²) in [6.07, 6.45) is 0. The molecule has 0 unspecified atom stereocenters. The van der Waals surface area contributed by atoms with Crippen LogP contribution < -0.4 is 0 Å². The molecular formula is C16H20FN3O3S. The first-order chi connectivity index (χ1) is 11.4. The van der Waals surface area contributed by atoms with Crippen molar-refractivity contribution >= 4 is 10.0 Å². The van der Waals surface area contributed by atoms with Crippen molar-refractivity contribution in [3.63, 3.8) is 0 Å².